The van der Waals surface area contributed by atoms with Gasteiger partial charge in [0.25, 0.3) is 0 Å². The van der Waals surface area contributed by atoms with Crippen LogP contribution in [0.25, 0.3) is 0 Å². The third-order valence-electron chi connectivity index (χ3n) is 5.11. The molecule has 3 N–H and O–H groups in total. The lowest BCUT2D eigenvalue weighted by atomic mass is 9.85. The van der Waals surface area contributed by atoms with Crippen molar-refractivity contribution in [3.05, 3.63) is 65.0 Å². The first-order chi connectivity index (χ1) is 12.9. The Morgan fingerprint density at radius 3 is 2.70 bits per heavy atom. The summed E-state index contributed by atoms with van der Waals surface area (Å²) >= 11 is 0. The molecule has 2 aromatic rings. The molecule has 1 heterocycles. The van der Waals surface area contributed by atoms with Crippen LogP contribution in [0.5, 0.6) is 0 Å². The lowest BCUT2D eigenvalue weighted by molar-refractivity contribution is -0.120. The van der Waals surface area contributed by atoms with Gasteiger partial charge in [-0.2, -0.15) is 0 Å². The third kappa shape index (κ3) is 4.10. The lowest BCUT2D eigenvalue weighted by Gasteiger charge is -2.39. The Hall–Kier alpha value is -2.89. The molecule has 0 aliphatic carbocycles. The molecular formula is C21H24FN3O2. The molecule has 0 unspecified atom stereocenters. The summed E-state index contributed by atoms with van der Waals surface area (Å²) in [5, 5.41) is 2.84. The number of benzene rings is 2. The summed E-state index contributed by atoms with van der Waals surface area (Å²) in [5.74, 6) is -1.13. The van der Waals surface area contributed by atoms with Gasteiger partial charge in [-0.3, -0.25) is 9.59 Å². The van der Waals surface area contributed by atoms with E-state index in [0.29, 0.717) is 17.5 Å². The average molecular weight is 369 g/mol. The Morgan fingerprint density at radius 2 is 2.00 bits per heavy atom. The highest BCUT2D eigenvalue weighted by Gasteiger charge is 2.33. The number of fused-ring (bicyclic) bond motifs is 1. The van der Waals surface area contributed by atoms with E-state index in [1.807, 2.05) is 36.1 Å². The van der Waals surface area contributed by atoms with Crippen LogP contribution < -0.4 is 16.0 Å². The number of primary amides is 1. The molecule has 2 atom stereocenters. The second kappa shape index (κ2) is 7.78. The first kappa shape index (κ1) is 18.9. The fourth-order valence-corrected chi connectivity index (χ4v) is 3.54. The molecule has 1 aliphatic rings. The minimum Gasteiger partial charge on any atom is -0.369 e. The number of carbonyl (C=O) groups is 2. The van der Waals surface area contributed by atoms with Crippen molar-refractivity contribution >= 4 is 17.5 Å². The van der Waals surface area contributed by atoms with Gasteiger partial charge in [0.1, 0.15) is 5.82 Å². The highest BCUT2D eigenvalue weighted by Crippen LogP contribution is 2.37. The van der Waals surface area contributed by atoms with Gasteiger partial charge in [-0.1, -0.05) is 30.3 Å². The van der Waals surface area contributed by atoms with Crippen molar-refractivity contribution in [3.8, 4) is 0 Å². The highest BCUT2D eigenvalue weighted by atomic mass is 19.1. The quantitative estimate of drug-likeness (QED) is 0.851. The number of hydrogen-bond donors (Lipinski definition) is 2. The Labute approximate surface area is 158 Å². The monoisotopic (exact) mass is 369 g/mol. The zero-order valence-electron chi connectivity index (χ0n) is 15.5. The fraction of sp³-hybridized carbons (Fsp3) is 0.333. The van der Waals surface area contributed by atoms with Gasteiger partial charge >= 0.3 is 0 Å². The van der Waals surface area contributed by atoms with Crippen molar-refractivity contribution in [2.75, 3.05) is 11.4 Å². The summed E-state index contributed by atoms with van der Waals surface area (Å²) in [6, 6.07) is 12.5. The summed E-state index contributed by atoms with van der Waals surface area (Å²) in [6.07, 6.45) is 0.572. The van der Waals surface area contributed by atoms with Gasteiger partial charge in [0.15, 0.2) is 0 Å². The number of halogens is 1. The molecule has 5 nitrogen and oxygen atoms in total. The average Bonchev–Trinajstić information content (AvgIpc) is 2.64. The lowest BCUT2D eigenvalue weighted by Crippen LogP contribution is -2.46. The second-order valence-electron chi connectivity index (χ2n) is 7.09. The molecular weight excluding hydrogens is 345 g/mol. The Bertz CT molecular complexity index is 868. The van der Waals surface area contributed by atoms with Crippen LogP contribution in [-0.2, 0) is 16.1 Å². The highest BCUT2D eigenvalue weighted by molar-refractivity contribution is 5.87. The first-order valence-electron chi connectivity index (χ1n) is 9.03. The number of nitrogens with two attached hydrogens (primary N) is 1. The largest absolute Gasteiger partial charge is 0.369 e. The summed E-state index contributed by atoms with van der Waals surface area (Å²) in [7, 11) is 0. The SMILES string of the molecule is Cc1ccc(CNC(=O)CN2c3ccccc3[C@H](C(N)=O)C[C@H]2C)cc1F. The van der Waals surface area contributed by atoms with Crippen molar-refractivity contribution in [2.24, 2.45) is 5.73 Å². The fourth-order valence-electron chi connectivity index (χ4n) is 3.54. The number of amides is 2. The third-order valence-corrected chi connectivity index (χ3v) is 5.11. The zero-order chi connectivity index (χ0) is 19.6. The van der Waals surface area contributed by atoms with Crippen LogP contribution in [0, 0.1) is 12.7 Å². The van der Waals surface area contributed by atoms with Gasteiger partial charge in [-0.05, 0) is 49.1 Å². The molecule has 0 saturated carbocycles. The molecule has 0 aromatic heterocycles. The van der Waals surface area contributed by atoms with Crippen LogP contribution >= 0.6 is 0 Å². The van der Waals surface area contributed by atoms with Crippen molar-refractivity contribution in [2.45, 2.75) is 38.8 Å². The number of aryl methyl sites for hydroxylation is 1. The van der Waals surface area contributed by atoms with Crippen molar-refractivity contribution < 1.29 is 14.0 Å². The second-order valence-corrected chi connectivity index (χ2v) is 7.09. The smallest absolute Gasteiger partial charge is 0.239 e. The number of para-hydroxylation sites is 1. The van der Waals surface area contributed by atoms with Gasteiger partial charge in [0.2, 0.25) is 11.8 Å². The number of anilines is 1. The van der Waals surface area contributed by atoms with E-state index in [1.54, 1.807) is 19.1 Å². The van der Waals surface area contributed by atoms with Crippen LogP contribution in [0.1, 0.15) is 36.0 Å². The summed E-state index contributed by atoms with van der Waals surface area (Å²) in [5.41, 5.74) is 8.57. The molecule has 2 aromatic carbocycles. The van der Waals surface area contributed by atoms with E-state index >= 15 is 0 Å². The molecule has 0 bridgehead atoms. The maximum absolute atomic E-state index is 13.6. The normalized spacial score (nSPS) is 18.7. The van der Waals surface area contributed by atoms with Crippen LogP contribution in [-0.4, -0.2) is 24.4 Å². The first-order valence-corrected chi connectivity index (χ1v) is 9.03. The van der Waals surface area contributed by atoms with Crippen molar-refractivity contribution in [3.63, 3.8) is 0 Å². The molecule has 3 rings (SSSR count). The molecule has 0 spiro atoms. The van der Waals surface area contributed by atoms with Crippen LogP contribution in [0.3, 0.4) is 0 Å². The topological polar surface area (TPSA) is 75.4 Å². The van der Waals surface area contributed by atoms with E-state index in [-0.39, 0.29) is 42.7 Å². The molecule has 1 aliphatic heterocycles. The van der Waals surface area contributed by atoms with Gasteiger partial charge < -0.3 is 16.0 Å². The maximum atomic E-state index is 13.6. The Kier molecular flexibility index (Phi) is 5.44. The van der Waals surface area contributed by atoms with Gasteiger partial charge in [0, 0.05) is 18.3 Å². The summed E-state index contributed by atoms with van der Waals surface area (Å²) in [6.45, 7) is 4.11. The zero-order valence-corrected chi connectivity index (χ0v) is 15.5. The Morgan fingerprint density at radius 1 is 1.26 bits per heavy atom. The predicted molar refractivity (Wildman–Crippen MR) is 103 cm³/mol. The van der Waals surface area contributed by atoms with E-state index < -0.39 is 0 Å². The van der Waals surface area contributed by atoms with E-state index in [4.69, 9.17) is 5.73 Å². The van der Waals surface area contributed by atoms with Gasteiger partial charge in [-0.25, -0.2) is 4.39 Å². The number of rotatable bonds is 5. The maximum Gasteiger partial charge on any atom is 0.239 e. The standard InChI is InChI=1S/C21H24FN3O2/c1-13-7-8-15(10-18(13)22)11-24-20(26)12-25-14(2)9-17(21(23)27)16-5-3-4-6-19(16)25/h3-8,10,14,17H,9,11-12H2,1-2H3,(H2,23,27)(H,24,26)/t14-,17-/m1/s1. The van der Waals surface area contributed by atoms with Gasteiger partial charge in [0.05, 0.1) is 12.5 Å². The van der Waals surface area contributed by atoms with E-state index in [0.717, 1.165) is 11.3 Å². The van der Waals surface area contributed by atoms with Crippen molar-refractivity contribution in [1.82, 2.24) is 5.32 Å². The predicted octanol–water partition coefficient (Wildman–Crippen LogP) is 2.62. The number of hydrogen-bond acceptors (Lipinski definition) is 3. The van der Waals surface area contributed by atoms with Crippen LogP contribution in [0.2, 0.25) is 0 Å². The molecule has 27 heavy (non-hydrogen) atoms. The Balaban J connectivity index is 1.70. The molecule has 142 valence electrons. The van der Waals surface area contributed by atoms with Gasteiger partial charge in [-0.15, -0.1) is 0 Å². The molecule has 0 saturated heterocycles. The number of carbonyl (C=O) groups excluding carboxylic acids is 2. The molecule has 6 heteroatoms. The number of nitrogens with zero attached hydrogens (tertiary/aromatic N) is 1. The summed E-state index contributed by atoms with van der Waals surface area (Å²) < 4.78 is 13.6. The summed E-state index contributed by atoms with van der Waals surface area (Å²) in [4.78, 5) is 26.3. The molecule has 0 fully saturated rings. The molecule has 2 amide bonds. The van der Waals surface area contributed by atoms with E-state index in [2.05, 4.69) is 5.32 Å². The van der Waals surface area contributed by atoms with Crippen molar-refractivity contribution in [1.29, 1.82) is 0 Å². The minimum absolute atomic E-state index is 0.0000284. The molecule has 0 radical (unpaired) electrons. The number of nitrogens with one attached hydrogen (secondary N) is 1. The minimum atomic E-state index is -0.347. The van der Waals surface area contributed by atoms with Crippen LogP contribution in [0.15, 0.2) is 42.5 Å². The van der Waals surface area contributed by atoms with E-state index in [9.17, 15) is 14.0 Å². The van der Waals surface area contributed by atoms with E-state index in [1.165, 1.54) is 6.07 Å². The van der Waals surface area contributed by atoms with Crippen LogP contribution in [0.4, 0.5) is 10.1 Å².